The van der Waals surface area contributed by atoms with Crippen LogP contribution in [0.4, 0.5) is 0 Å². The number of rotatable bonds is 7. The van der Waals surface area contributed by atoms with E-state index in [1.54, 1.807) is 0 Å². The molecule has 3 heterocycles. The highest BCUT2D eigenvalue weighted by Crippen LogP contribution is 2.31. The Morgan fingerprint density at radius 3 is 2.96 bits per heavy atom. The average Bonchev–Trinajstić information content (AvgIpc) is 3.32. The smallest absolute Gasteiger partial charge is 0.0801 e. The van der Waals surface area contributed by atoms with Crippen molar-refractivity contribution in [3.05, 3.63) is 47.5 Å². The van der Waals surface area contributed by atoms with E-state index >= 15 is 0 Å². The zero-order valence-corrected chi connectivity index (χ0v) is 14.4. The molecule has 24 heavy (non-hydrogen) atoms. The Kier molecular flexibility index (Phi) is 4.63. The predicted molar refractivity (Wildman–Crippen MR) is 92.5 cm³/mol. The maximum absolute atomic E-state index is 6.02. The van der Waals surface area contributed by atoms with Gasteiger partial charge in [0, 0.05) is 62.9 Å². The molecule has 4 rings (SSSR count). The van der Waals surface area contributed by atoms with E-state index < -0.39 is 0 Å². The molecule has 0 radical (unpaired) electrons. The molecule has 5 nitrogen and oxygen atoms in total. The number of aromatic nitrogens is 3. The highest BCUT2D eigenvalue weighted by atomic mass is 16.5. The molecule has 1 saturated carbocycles. The van der Waals surface area contributed by atoms with E-state index in [0.29, 0.717) is 5.92 Å². The maximum atomic E-state index is 6.02. The lowest BCUT2D eigenvalue weighted by Gasteiger charge is -2.32. The molecule has 2 aromatic rings. The number of aryl methyl sites for hydroxylation is 1. The molecule has 0 bridgehead atoms. The monoisotopic (exact) mass is 326 g/mol. The van der Waals surface area contributed by atoms with Gasteiger partial charge in [0.1, 0.15) is 0 Å². The second kappa shape index (κ2) is 7.03. The summed E-state index contributed by atoms with van der Waals surface area (Å²) in [6.07, 6.45) is 8.70. The van der Waals surface area contributed by atoms with Crippen LogP contribution in [0.2, 0.25) is 0 Å². The molecule has 0 spiro atoms. The number of hydrogen-bond donors (Lipinski definition) is 0. The summed E-state index contributed by atoms with van der Waals surface area (Å²) in [7, 11) is 0. The van der Waals surface area contributed by atoms with Crippen LogP contribution in [-0.2, 0) is 24.4 Å². The van der Waals surface area contributed by atoms with Gasteiger partial charge in [-0.05, 0) is 37.3 Å². The first-order valence-corrected chi connectivity index (χ1v) is 9.07. The van der Waals surface area contributed by atoms with Gasteiger partial charge in [-0.2, -0.15) is 5.10 Å². The Morgan fingerprint density at radius 2 is 2.21 bits per heavy atom. The van der Waals surface area contributed by atoms with E-state index in [9.17, 15) is 0 Å². The lowest BCUT2D eigenvalue weighted by Crippen LogP contribution is -2.35. The Balaban J connectivity index is 1.47. The average molecular weight is 326 g/mol. The Bertz CT molecular complexity index is 665. The van der Waals surface area contributed by atoms with E-state index in [4.69, 9.17) is 9.84 Å². The molecule has 128 valence electrons. The number of fused-ring (bicyclic) bond motifs is 1. The number of hydrogen-bond acceptors (Lipinski definition) is 4. The lowest BCUT2D eigenvalue weighted by atomic mass is 9.95. The molecule has 1 atom stereocenters. The van der Waals surface area contributed by atoms with Gasteiger partial charge in [0.2, 0.25) is 0 Å². The number of nitrogens with zero attached hydrogens (tertiary/aromatic N) is 4. The van der Waals surface area contributed by atoms with Crippen molar-refractivity contribution in [3.8, 4) is 0 Å². The van der Waals surface area contributed by atoms with Crippen molar-refractivity contribution in [2.24, 2.45) is 5.92 Å². The summed E-state index contributed by atoms with van der Waals surface area (Å²) in [6.45, 7) is 7.66. The fraction of sp³-hybridized carbons (Fsp3) is 0.579. The highest BCUT2D eigenvalue weighted by molar-refractivity contribution is 5.26. The van der Waals surface area contributed by atoms with Gasteiger partial charge >= 0.3 is 0 Å². The first-order chi connectivity index (χ1) is 11.8. The minimum Gasteiger partial charge on any atom is -0.380 e. The number of ether oxygens (including phenoxy) is 1. The van der Waals surface area contributed by atoms with Crippen molar-refractivity contribution in [2.75, 3.05) is 19.8 Å². The van der Waals surface area contributed by atoms with E-state index in [-0.39, 0.29) is 0 Å². The van der Waals surface area contributed by atoms with E-state index in [0.717, 1.165) is 45.3 Å². The second-order valence-corrected chi connectivity index (χ2v) is 7.10. The maximum Gasteiger partial charge on any atom is 0.0801 e. The predicted octanol–water partition coefficient (Wildman–Crippen LogP) is 2.82. The van der Waals surface area contributed by atoms with Gasteiger partial charge in [-0.1, -0.05) is 6.07 Å². The van der Waals surface area contributed by atoms with Gasteiger partial charge in [0.05, 0.1) is 12.3 Å². The minimum absolute atomic E-state index is 0.421. The first-order valence-electron chi connectivity index (χ1n) is 9.07. The minimum atomic E-state index is 0.421. The fourth-order valence-electron chi connectivity index (χ4n) is 3.46. The highest BCUT2D eigenvalue weighted by Gasteiger charge is 2.29. The standard InChI is InChI=1S/C19H26N4O/c1-2-23-11-18-17(14-24-13-15-5-6-15)10-22(12-19(18)21-23)9-16-4-3-7-20-8-16/h3-4,7-8,11,15,17H,2,5-6,9-10,12-14H2,1H3/t17-/m1/s1. The van der Waals surface area contributed by atoms with E-state index in [1.807, 2.05) is 18.5 Å². The molecular formula is C19H26N4O. The zero-order chi connectivity index (χ0) is 16.4. The van der Waals surface area contributed by atoms with Gasteiger partial charge in [-0.3, -0.25) is 14.6 Å². The van der Waals surface area contributed by atoms with Crippen LogP contribution in [0.25, 0.3) is 0 Å². The van der Waals surface area contributed by atoms with Gasteiger partial charge in [-0.25, -0.2) is 0 Å². The van der Waals surface area contributed by atoms with Crippen LogP contribution in [0, 0.1) is 5.92 Å². The van der Waals surface area contributed by atoms with Crippen molar-refractivity contribution in [2.45, 2.75) is 45.3 Å². The molecule has 1 aliphatic carbocycles. The Hall–Kier alpha value is -1.72. The first kappa shape index (κ1) is 15.8. The molecule has 0 N–H and O–H groups in total. The van der Waals surface area contributed by atoms with Crippen molar-refractivity contribution in [3.63, 3.8) is 0 Å². The van der Waals surface area contributed by atoms with Crippen LogP contribution >= 0.6 is 0 Å². The molecule has 2 aliphatic rings. The molecule has 5 heteroatoms. The Morgan fingerprint density at radius 1 is 1.29 bits per heavy atom. The van der Waals surface area contributed by atoms with E-state index in [1.165, 1.54) is 29.7 Å². The third kappa shape index (κ3) is 3.68. The third-order valence-electron chi connectivity index (χ3n) is 4.98. The fourth-order valence-corrected chi connectivity index (χ4v) is 3.46. The summed E-state index contributed by atoms with van der Waals surface area (Å²) in [5.74, 6) is 1.24. The summed E-state index contributed by atoms with van der Waals surface area (Å²) < 4.78 is 8.08. The van der Waals surface area contributed by atoms with Gasteiger partial charge in [-0.15, -0.1) is 0 Å². The topological polar surface area (TPSA) is 43.2 Å². The molecule has 0 amide bonds. The second-order valence-electron chi connectivity index (χ2n) is 7.10. The van der Waals surface area contributed by atoms with Crippen molar-refractivity contribution in [1.82, 2.24) is 19.7 Å². The zero-order valence-electron chi connectivity index (χ0n) is 14.4. The molecule has 0 aromatic carbocycles. The summed E-state index contributed by atoms with van der Waals surface area (Å²) in [4.78, 5) is 6.71. The summed E-state index contributed by atoms with van der Waals surface area (Å²) in [5.41, 5.74) is 3.86. The van der Waals surface area contributed by atoms with Crippen molar-refractivity contribution >= 4 is 0 Å². The summed E-state index contributed by atoms with van der Waals surface area (Å²) in [5, 5.41) is 4.77. The lowest BCUT2D eigenvalue weighted by molar-refractivity contribution is 0.0890. The molecule has 2 aromatic heterocycles. The van der Waals surface area contributed by atoms with Crippen LogP contribution in [0.15, 0.2) is 30.7 Å². The number of pyridine rings is 1. The van der Waals surface area contributed by atoms with Gasteiger partial charge in [0.15, 0.2) is 0 Å². The quantitative estimate of drug-likeness (QED) is 0.785. The summed E-state index contributed by atoms with van der Waals surface area (Å²) in [6, 6.07) is 4.15. The largest absolute Gasteiger partial charge is 0.380 e. The van der Waals surface area contributed by atoms with Crippen molar-refractivity contribution < 1.29 is 4.74 Å². The van der Waals surface area contributed by atoms with Crippen LogP contribution in [-0.4, -0.2) is 39.4 Å². The summed E-state index contributed by atoms with van der Waals surface area (Å²) >= 11 is 0. The molecule has 0 unspecified atom stereocenters. The van der Waals surface area contributed by atoms with E-state index in [2.05, 4.69) is 33.8 Å². The van der Waals surface area contributed by atoms with Crippen LogP contribution in [0.3, 0.4) is 0 Å². The molecular weight excluding hydrogens is 300 g/mol. The third-order valence-corrected chi connectivity index (χ3v) is 4.98. The SMILES string of the molecule is CCn1cc2c(n1)CN(Cc1cccnc1)C[C@@H]2COCC1CC1. The molecule has 1 fully saturated rings. The van der Waals surface area contributed by atoms with Crippen LogP contribution in [0.1, 0.15) is 42.5 Å². The molecule has 0 saturated heterocycles. The van der Waals surface area contributed by atoms with Crippen molar-refractivity contribution in [1.29, 1.82) is 0 Å². The van der Waals surface area contributed by atoms with Crippen LogP contribution in [0.5, 0.6) is 0 Å². The molecule has 1 aliphatic heterocycles. The normalized spacial score (nSPS) is 21.0. The van der Waals surface area contributed by atoms with Gasteiger partial charge < -0.3 is 4.74 Å². The van der Waals surface area contributed by atoms with Gasteiger partial charge in [0.25, 0.3) is 0 Å². The Labute approximate surface area is 143 Å². The van der Waals surface area contributed by atoms with Crippen LogP contribution < -0.4 is 0 Å².